The van der Waals surface area contributed by atoms with Crippen molar-refractivity contribution in [3.8, 4) is 0 Å². The minimum absolute atomic E-state index is 0.323. The van der Waals surface area contributed by atoms with Crippen LogP contribution in [0.15, 0.2) is 0 Å². The van der Waals surface area contributed by atoms with Gasteiger partial charge in [0, 0.05) is 0 Å². The number of aromatic nitrogens is 1. The lowest BCUT2D eigenvalue weighted by Crippen LogP contribution is -2.03. The molecule has 0 fully saturated rings. The van der Waals surface area contributed by atoms with Crippen LogP contribution in [0.4, 0.5) is 0 Å². The van der Waals surface area contributed by atoms with E-state index in [2.05, 4.69) is 18.8 Å². The van der Waals surface area contributed by atoms with Crippen LogP contribution in [-0.2, 0) is 0 Å². The summed E-state index contributed by atoms with van der Waals surface area (Å²) in [6.45, 7) is 8.28. The van der Waals surface area contributed by atoms with E-state index in [4.69, 9.17) is 0 Å². The molecule has 0 spiro atoms. The number of aryl methyl sites for hydroxylation is 2. The number of hydrogen-bond donors (Lipinski definition) is 1. The van der Waals surface area contributed by atoms with Crippen LogP contribution in [0, 0.1) is 19.8 Å². The third-order valence-electron chi connectivity index (χ3n) is 2.56. The second-order valence-electron chi connectivity index (χ2n) is 3.95. The molecule has 0 saturated heterocycles. The average molecular weight is 213 g/mol. The Bertz CT molecular complexity index is 295. The summed E-state index contributed by atoms with van der Waals surface area (Å²) in [5.41, 5.74) is 0.989. The van der Waals surface area contributed by atoms with E-state index in [-0.39, 0.29) is 6.10 Å². The van der Waals surface area contributed by atoms with Gasteiger partial charge in [-0.25, -0.2) is 4.98 Å². The summed E-state index contributed by atoms with van der Waals surface area (Å²) in [5.74, 6) is 0.576. The van der Waals surface area contributed by atoms with E-state index in [1.165, 1.54) is 0 Å². The van der Waals surface area contributed by atoms with E-state index >= 15 is 0 Å². The SMILES string of the molecule is CCC(C)CC(O)c1sc(C)nc1C. The summed E-state index contributed by atoms with van der Waals surface area (Å²) in [4.78, 5) is 5.37. The zero-order valence-electron chi connectivity index (χ0n) is 9.37. The first-order chi connectivity index (χ1) is 6.54. The van der Waals surface area contributed by atoms with Gasteiger partial charge in [0.25, 0.3) is 0 Å². The van der Waals surface area contributed by atoms with Gasteiger partial charge in [-0.05, 0) is 26.2 Å². The maximum absolute atomic E-state index is 9.99. The van der Waals surface area contributed by atoms with Gasteiger partial charge in [-0.2, -0.15) is 0 Å². The predicted molar refractivity (Wildman–Crippen MR) is 60.6 cm³/mol. The molecule has 0 amide bonds. The van der Waals surface area contributed by atoms with Crippen molar-refractivity contribution >= 4 is 11.3 Å². The number of aliphatic hydroxyl groups excluding tert-OH is 1. The Hall–Kier alpha value is -0.410. The van der Waals surface area contributed by atoms with Crippen LogP contribution < -0.4 is 0 Å². The van der Waals surface area contributed by atoms with Gasteiger partial charge in [0.2, 0.25) is 0 Å². The summed E-state index contributed by atoms with van der Waals surface area (Å²) in [7, 11) is 0. The van der Waals surface area contributed by atoms with Gasteiger partial charge < -0.3 is 5.11 Å². The highest BCUT2D eigenvalue weighted by Gasteiger charge is 2.16. The molecule has 0 bridgehead atoms. The fourth-order valence-corrected chi connectivity index (χ4v) is 2.44. The highest BCUT2D eigenvalue weighted by Crippen LogP contribution is 2.29. The molecular weight excluding hydrogens is 194 g/mol. The number of rotatable bonds is 4. The second kappa shape index (κ2) is 4.89. The van der Waals surface area contributed by atoms with E-state index in [1.54, 1.807) is 11.3 Å². The maximum Gasteiger partial charge on any atom is 0.0903 e. The number of thiazole rings is 1. The summed E-state index contributed by atoms with van der Waals surface area (Å²) >= 11 is 1.61. The van der Waals surface area contributed by atoms with Crippen LogP contribution in [0.5, 0.6) is 0 Å². The monoisotopic (exact) mass is 213 g/mol. The minimum Gasteiger partial charge on any atom is -0.387 e. The number of nitrogens with zero attached hydrogens (tertiary/aromatic N) is 1. The fourth-order valence-electron chi connectivity index (χ4n) is 1.51. The van der Waals surface area contributed by atoms with Crippen molar-refractivity contribution in [1.29, 1.82) is 0 Å². The Labute approximate surface area is 90.0 Å². The second-order valence-corrected chi connectivity index (χ2v) is 5.18. The molecule has 80 valence electrons. The molecule has 2 nitrogen and oxygen atoms in total. The van der Waals surface area contributed by atoms with Crippen LogP contribution in [0.25, 0.3) is 0 Å². The number of aliphatic hydroxyl groups is 1. The minimum atomic E-state index is -0.323. The smallest absolute Gasteiger partial charge is 0.0903 e. The molecule has 2 atom stereocenters. The molecule has 0 aliphatic rings. The Morgan fingerprint density at radius 1 is 1.43 bits per heavy atom. The Balaban J connectivity index is 2.69. The number of hydrogen-bond acceptors (Lipinski definition) is 3. The first kappa shape index (κ1) is 11.7. The summed E-state index contributed by atoms with van der Waals surface area (Å²) in [6, 6.07) is 0. The van der Waals surface area contributed by atoms with Gasteiger partial charge in [-0.1, -0.05) is 20.3 Å². The summed E-state index contributed by atoms with van der Waals surface area (Å²) in [6.07, 6.45) is 1.64. The maximum atomic E-state index is 9.99. The van der Waals surface area contributed by atoms with E-state index < -0.39 is 0 Å². The predicted octanol–water partition coefficient (Wildman–Crippen LogP) is 3.23. The van der Waals surface area contributed by atoms with Crippen molar-refractivity contribution in [1.82, 2.24) is 4.98 Å². The van der Waals surface area contributed by atoms with E-state index in [1.807, 2.05) is 13.8 Å². The molecule has 1 aromatic rings. The van der Waals surface area contributed by atoms with Gasteiger partial charge in [0.05, 0.1) is 21.7 Å². The lowest BCUT2D eigenvalue weighted by Gasteiger charge is -2.13. The molecule has 3 heteroatoms. The van der Waals surface area contributed by atoms with Crippen LogP contribution >= 0.6 is 11.3 Å². The zero-order valence-corrected chi connectivity index (χ0v) is 10.2. The largest absolute Gasteiger partial charge is 0.387 e. The van der Waals surface area contributed by atoms with Crippen molar-refractivity contribution < 1.29 is 5.11 Å². The lowest BCUT2D eigenvalue weighted by atomic mass is 10.00. The zero-order chi connectivity index (χ0) is 10.7. The highest BCUT2D eigenvalue weighted by molar-refractivity contribution is 7.11. The van der Waals surface area contributed by atoms with E-state index in [0.29, 0.717) is 5.92 Å². The highest BCUT2D eigenvalue weighted by atomic mass is 32.1. The van der Waals surface area contributed by atoms with Crippen molar-refractivity contribution in [3.63, 3.8) is 0 Å². The molecular formula is C11H19NOS. The van der Waals surface area contributed by atoms with Gasteiger partial charge >= 0.3 is 0 Å². The van der Waals surface area contributed by atoms with Crippen molar-refractivity contribution in [2.75, 3.05) is 0 Å². The molecule has 0 saturated carbocycles. The molecule has 0 aromatic carbocycles. The Kier molecular flexibility index (Phi) is 4.08. The molecule has 1 aromatic heterocycles. The molecule has 0 aliphatic carbocycles. The summed E-state index contributed by atoms with van der Waals surface area (Å²) in [5, 5.41) is 11.0. The van der Waals surface area contributed by atoms with Crippen molar-refractivity contribution in [2.45, 2.75) is 46.6 Å². The molecule has 14 heavy (non-hydrogen) atoms. The van der Waals surface area contributed by atoms with Crippen LogP contribution in [0.3, 0.4) is 0 Å². The molecule has 0 aliphatic heterocycles. The van der Waals surface area contributed by atoms with Gasteiger partial charge in [-0.15, -0.1) is 11.3 Å². The first-order valence-corrected chi connectivity index (χ1v) is 5.98. The summed E-state index contributed by atoms with van der Waals surface area (Å²) < 4.78 is 0. The molecule has 2 unspecified atom stereocenters. The van der Waals surface area contributed by atoms with Crippen LogP contribution in [0.1, 0.15) is 48.4 Å². The quantitative estimate of drug-likeness (QED) is 0.833. The van der Waals surface area contributed by atoms with Gasteiger partial charge in [0.15, 0.2) is 0 Å². The average Bonchev–Trinajstić information content (AvgIpc) is 2.45. The van der Waals surface area contributed by atoms with Crippen LogP contribution in [-0.4, -0.2) is 10.1 Å². The first-order valence-electron chi connectivity index (χ1n) is 5.16. The van der Waals surface area contributed by atoms with Crippen molar-refractivity contribution in [3.05, 3.63) is 15.6 Å². The topological polar surface area (TPSA) is 33.1 Å². The molecule has 0 radical (unpaired) electrons. The lowest BCUT2D eigenvalue weighted by molar-refractivity contribution is 0.149. The molecule has 1 heterocycles. The molecule has 1 N–H and O–H groups in total. The van der Waals surface area contributed by atoms with E-state index in [9.17, 15) is 5.11 Å². The van der Waals surface area contributed by atoms with E-state index in [0.717, 1.165) is 28.4 Å². The Morgan fingerprint density at radius 3 is 2.50 bits per heavy atom. The van der Waals surface area contributed by atoms with Crippen LogP contribution in [0.2, 0.25) is 0 Å². The standard InChI is InChI=1S/C11H19NOS/c1-5-7(2)6-10(13)11-8(3)12-9(4)14-11/h7,10,13H,5-6H2,1-4H3. The third kappa shape index (κ3) is 2.79. The van der Waals surface area contributed by atoms with Gasteiger partial charge in [0.1, 0.15) is 0 Å². The van der Waals surface area contributed by atoms with Gasteiger partial charge in [-0.3, -0.25) is 0 Å². The molecule has 1 rings (SSSR count). The normalized spacial score (nSPS) is 15.5. The Morgan fingerprint density at radius 2 is 2.07 bits per heavy atom. The fraction of sp³-hybridized carbons (Fsp3) is 0.727. The van der Waals surface area contributed by atoms with Crippen molar-refractivity contribution in [2.24, 2.45) is 5.92 Å². The third-order valence-corrected chi connectivity index (χ3v) is 3.74.